The molecule has 0 saturated heterocycles. The fourth-order valence-corrected chi connectivity index (χ4v) is 9.66. The highest BCUT2D eigenvalue weighted by Crippen LogP contribution is 2.70. The van der Waals surface area contributed by atoms with Gasteiger partial charge in [-0.15, -0.1) is 0 Å². The van der Waals surface area contributed by atoms with Crippen LogP contribution in [0.25, 0.3) is 0 Å². The predicted octanol–water partition coefficient (Wildman–Crippen LogP) is 8.41. The summed E-state index contributed by atoms with van der Waals surface area (Å²) in [7, 11) is 0. The SMILES string of the molecule is CC(=O)C1=C(C)CC2(C)CC3(C)Cc4c(CCCC(C)C)cc(C(C)(C)C)c(C)c4C(O)C3C(C)C2(C)C1=O. The summed E-state index contributed by atoms with van der Waals surface area (Å²) in [5, 5.41) is 12.4. The molecule has 1 aromatic carbocycles. The Morgan fingerprint density at radius 3 is 2.28 bits per heavy atom. The maximum atomic E-state index is 14.2. The normalized spacial score (nSPS) is 34.6. The average molecular weight is 535 g/mol. The van der Waals surface area contributed by atoms with Crippen molar-refractivity contribution < 1.29 is 14.7 Å². The molecule has 3 nitrogen and oxygen atoms in total. The highest BCUT2D eigenvalue weighted by molar-refractivity contribution is 6.22. The zero-order chi connectivity index (χ0) is 29.5. The van der Waals surface area contributed by atoms with Gasteiger partial charge in [-0.1, -0.05) is 80.4 Å². The molecule has 6 unspecified atom stereocenters. The first-order valence-electron chi connectivity index (χ1n) is 15.4. The number of rotatable bonds is 5. The lowest BCUT2D eigenvalue weighted by Gasteiger charge is -2.66. The number of carbonyl (C=O) groups excluding carboxylic acids is 2. The molecule has 1 aromatic rings. The molecule has 3 heteroatoms. The largest absolute Gasteiger partial charge is 0.388 e. The topological polar surface area (TPSA) is 54.4 Å². The summed E-state index contributed by atoms with van der Waals surface area (Å²) in [6, 6.07) is 2.46. The summed E-state index contributed by atoms with van der Waals surface area (Å²) in [5.41, 5.74) is 6.73. The molecule has 0 radical (unpaired) electrons. The van der Waals surface area contributed by atoms with Crippen LogP contribution in [0.3, 0.4) is 0 Å². The fraction of sp³-hybridized carbons (Fsp3) is 0.722. The molecule has 0 amide bonds. The zero-order valence-electron chi connectivity index (χ0n) is 26.9. The molecule has 1 fully saturated rings. The highest BCUT2D eigenvalue weighted by atomic mass is 16.3. The quantitative estimate of drug-likeness (QED) is 0.386. The van der Waals surface area contributed by atoms with E-state index in [1.165, 1.54) is 35.6 Å². The van der Waals surface area contributed by atoms with Crippen molar-refractivity contribution in [3.8, 4) is 0 Å². The number of allylic oxidation sites excluding steroid dienone is 2. The van der Waals surface area contributed by atoms with Gasteiger partial charge >= 0.3 is 0 Å². The summed E-state index contributed by atoms with van der Waals surface area (Å²) < 4.78 is 0. The van der Waals surface area contributed by atoms with Gasteiger partial charge in [-0.25, -0.2) is 0 Å². The number of hydrogen-bond donors (Lipinski definition) is 1. The van der Waals surface area contributed by atoms with Gasteiger partial charge in [0.2, 0.25) is 0 Å². The second kappa shape index (κ2) is 9.68. The third kappa shape index (κ3) is 4.50. The van der Waals surface area contributed by atoms with E-state index in [4.69, 9.17) is 0 Å². The van der Waals surface area contributed by atoms with Gasteiger partial charge in [0.25, 0.3) is 0 Å². The Kier molecular flexibility index (Phi) is 7.50. The minimum atomic E-state index is -0.689. The predicted molar refractivity (Wildman–Crippen MR) is 161 cm³/mol. The molecule has 0 spiro atoms. The van der Waals surface area contributed by atoms with Gasteiger partial charge in [0.05, 0.1) is 11.7 Å². The monoisotopic (exact) mass is 534 g/mol. The number of aryl methyl sites for hydroxylation is 1. The van der Waals surface area contributed by atoms with Gasteiger partial charge in [0.1, 0.15) is 0 Å². The van der Waals surface area contributed by atoms with Crippen molar-refractivity contribution in [3.63, 3.8) is 0 Å². The molecule has 6 atom stereocenters. The van der Waals surface area contributed by atoms with E-state index in [1.807, 2.05) is 6.92 Å². The third-order valence-electron chi connectivity index (χ3n) is 11.5. The molecule has 1 saturated carbocycles. The summed E-state index contributed by atoms with van der Waals surface area (Å²) in [6.07, 6.45) is 5.37. The van der Waals surface area contributed by atoms with Gasteiger partial charge in [0, 0.05) is 5.41 Å². The Morgan fingerprint density at radius 2 is 1.74 bits per heavy atom. The minimum absolute atomic E-state index is 0.00309. The number of aliphatic hydroxyl groups excluding tert-OH is 1. The van der Waals surface area contributed by atoms with Crippen molar-refractivity contribution in [2.75, 3.05) is 0 Å². The van der Waals surface area contributed by atoms with Crippen LogP contribution >= 0.6 is 0 Å². The molecular formula is C36H54O3. The molecule has 0 aliphatic heterocycles. The van der Waals surface area contributed by atoms with Gasteiger partial charge < -0.3 is 5.11 Å². The number of ketones is 2. The molecular weight excluding hydrogens is 480 g/mol. The van der Waals surface area contributed by atoms with E-state index in [1.54, 1.807) is 0 Å². The molecule has 4 rings (SSSR count). The van der Waals surface area contributed by atoms with Crippen LogP contribution in [-0.2, 0) is 27.8 Å². The summed E-state index contributed by atoms with van der Waals surface area (Å²) in [6.45, 7) is 26.1. The average Bonchev–Trinajstić information content (AvgIpc) is 2.76. The van der Waals surface area contributed by atoms with Gasteiger partial charge in [-0.3, -0.25) is 9.59 Å². The summed E-state index contributed by atoms with van der Waals surface area (Å²) in [4.78, 5) is 26.8. The minimum Gasteiger partial charge on any atom is -0.388 e. The van der Waals surface area contributed by atoms with Gasteiger partial charge in [-0.05, 0) is 115 Å². The fourth-order valence-electron chi connectivity index (χ4n) is 9.66. The second-order valence-electron chi connectivity index (χ2n) is 15.9. The van der Waals surface area contributed by atoms with Gasteiger partial charge in [-0.2, -0.15) is 0 Å². The van der Waals surface area contributed by atoms with Crippen LogP contribution in [0.15, 0.2) is 17.2 Å². The Morgan fingerprint density at radius 1 is 1.13 bits per heavy atom. The molecule has 39 heavy (non-hydrogen) atoms. The van der Waals surface area contributed by atoms with Crippen LogP contribution in [0.4, 0.5) is 0 Å². The van der Waals surface area contributed by atoms with Crippen molar-refractivity contribution in [2.45, 2.75) is 133 Å². The van der Waals surface area contributed by atoms with Crippen LogP contribution in [-0.4, -0.2) is 16.7 Å². The lowest BCUT2D eigenvalue weighted by molar-refractivity contribution is -0.182. The number of hydrogen-bond acceptors (Lipinski definition) is 3. The molecule has 216 valence electrons. The van der Waals surface area contributed by atoms with Crippen LogP contribution in [0, 0.1) is 40.9 Å². The summed E-state index contributed by atoms with van der Waals surface area (Å²) in [5.74, 6) is 0.464. The third-order valence-corrected chi connectivity index (χ3v) is 11.5. The number of benzene rings is 1. The number of fused-ring (bicyclic) bond motifs is 3. The Balaban J connectivity index is 1.91. The van der Waals surface area contributed by atoms with Gasteiger partial charge in [0.15, 0.2) is 11.6 Å². The van der Waals surface area contributed by atoms with Crippen LogP contribution in [0.2, 0.25) is 0 Å². The lowest BCUT2D eigenvalue weighted by atomic mass is 9.37. The van der Waals surface area contributed by atoms with E-state index in [0.717, 1.165) is 43.2 Å². The molecule has 1 N–H and O–H groups in total. The van der Waals surface area contributed by atoms with E-state index in [2.05, 4.69) is 75.3 Å². The van der Waals surface area contributed by atoms with Crippen LogP contribution in [0.1, 0.15) is 136 Å². The molecule has 3 aliphatic carbocycles. The van der Waals surface area contributed by atoms with Crippen molar-refractivity contribution in [2.24, 2.45) is 34.0 Å². The number of carbonyl (C=O) groups is 2. The first kappa shape index (κ1) is 30.2. The smallest absolute Gasteiger partial charge is 0.173 e. The maximum Gasteiger partial charge on any atom is 0.173 e. The lowest BCUT2D eigenvalue weighted by Crippen LogP contribution is -2.63. The van der Waals surface area contributed by atoms with E-state index < -0.39 is 11.5 Å². The van der Waals surface area contributed by atoms with E-state index in [9.17, 15) is 14.7 Å². The first-order chi connectivity index (χ1) is 17.8. The van der Waals surface area contributed by atoms with Crippen molar-refractivity contribution in [1.82, 2.24) is 0 Å². The Bertz CT molecular complexity index is 1230. The van der Waals surface area contributed by atoms with Crippen molar-refractivity contribution >= 4 is 11.6 Å². The summed E-state index contributed by atoms with van der Waals surface area (Å²) >= 11 is 0. The molecule has 3 aliphatic rings. The van der Waals surface area contributed by atoms with Crippen LogP contribution < -0.4 is 0 Å². The number of aliphatic hydroxyl groups is 1. The molecule has 0 aromatic heterocycles. The standard InChI is InChI=1S/C36H54O3/c1-20(2)14-13-15-25-16-27(33(7,8)9)22(4)29-26(25)18-34(10)19-35(11)17-21(3)28(24(6)37)32(39)36(35,12)23(5)30(34)31(29)38/h16,20,23,30-31,38H,13-15,17-19H2,1-12H3. The Hall–Kier alpha value is -1.74. The molecule has 0 heterocycles. The van der Waals surface area contributed by atoms with E-state index >= 15 is 0 Å². The van der Waals surface area contributed by atoms with E-state index in [-0.39, 0.29) is 39.6 Å². The Labute approximate surface area is 238 Å². The first-order valence-corrected chi connectivity index (χ1v) is 15.4. The second-order valence-corrected chi connectivity index (χ2v) is 15.9. The van der Waals surface area contributed by atoms with Crippen molar-refractivity contribution in [1.29, 1.82) is 0 Å². The zero-order valence-corrected chi connectivity index (χ0v) is 26.9. The van der Waals surface area contributed by atoms with Crippen molar-refractivity contribution in [3.05, 3.63) is 45.0 Å². The number of Topliss-reactive ketones (excluding diaryl/α,β-unsaturated/α-hetero) is 2. The van der Waals surface area contributed by atoms with E-state index in [0.29, 0.717) is 11.5 Å². The highest BCUT2D eigenvalue weighted by Gasteiger charge is 2.67. The molecule has 0 bridgehead atoms. The maximum absolute atomic E-state index is 14.2. The van der Waals surface area contributed by atoms with Crippen LogP contribution in [0.5, 0.6) is 0 Å².